The van der Waals surface area contributed by atoms with Crippen molar-refractivity contribution >= 4 is 31.5 Å². The van der Waals surface area contributed by atoms with Crippen molar-refractivity contribution in [2.24, 2.45) is 0 Å². The van der Waals surface area contributed by atoms with Gasteiger partial charge >= 0.3 is 8.18 Å². The number of halogens is 1. The minimum Gasteiger partial charge on any atom is -0.154 e. The fourth-order valence-corrected chi connectivity index (χ4v) is 3.54. The Balaban J connectivity index is 2.74. The molecule has 1 aromatic carbocycles. The molecule has 0 spiro atoms. The van der Waals surface area contributed by atoms with Crippen molar-refractivity contribution in [2.75, 3.05) is 0 Å². The molecular weight excluding hydrogens is 301 g/mol. The van der Waals surface area contributed by atoms with Crippen LogP contribution in [0.1, 0.15) is 31.4 Å². The first-order valence-electron chi connectivity index (χ1n) is 5.94. The molecule has 1 atom stereocenters. The Hall–Kier alpha value is -0.540. The highest BCUT2D eigenvalue weighted by atomic mass is 35.5. The van der Waals surface area contributed by atoms with Gasteiger partial charge in [0.25, 0.3) is 0 Å². The maximum Gasteiger partial charge on any atom is 0.640 e. The molecule has 0 amide bonds. The molecule has 1 rings (SSSR count). The van der Waals surface area contributed by atoms with E-state index in [9.17, 15) is 4.57 Å². The van der Waals surface area contributed by atoms with E-state index in [2.05, 4.69) is 5.09 Å². The van der Waals surface area contributed by atoms with Crippen molar-refractivity contribution in [3.8, 4) is 0 Å². The van der Waals surface area contributed by atoms with Gasteiger partial charge < -0.3 is 0 Å². The van der Waals surface area contributed by atoms with Crippen LogP contribution in [-0.2, 0) is 10.3 Å². The monoisotopic (exact) mass is 318 g/mol. The lowest BCUT2D eigenvalue weighted by atomic mass is 10.1. The molecular formula is C13H18ClNO2PS+. The topological polar surface area (TPSA) is 49.3 Å². The quantitative estimate of drug-likeness (QED) is 0.742. The molecule has 0 heterocycles. The van der Waals surface area contributed by atoms with Crippen LogP contribution in [0.3, 0.4) is 0 Å². The molecule has 1 aromatic rings. The van der Waals surface area contributed by atoms with Crippen LogP contribution in [0.2, 0.25) is 5.02 Å². The second kappa shape index (κ2) is 7.91. The van der Waals surface area contributed by atoms with Crippen LogP contribution in [-0.4, -0.2) is 4.89 Å². The largest absolute Gasteiger partial charge is 0.640 e. The molecule has 0 saturated carbocycles. The third-order valence-corrected chi connectivity index (χ3v) is 4.59. The number of allylic oxidation sites excluding steroid dienone is 2. The van der Waals surface area contributed by atoms with Crippen molar-refractivity contribution in [1.29, 1.82) is 0 Å². The van der Waals surface area contributed by atoms with Crippen molar-refractivity contribution in [3.05, 3.63) is 45.0 Å². The van der Waals surface area contributed by atoms with E-state index < -0.39 is 8.18 Å². The lowest BCUT2D eigenvalue weighted by Crippen LogP contribution is -2.03. The molecule has 0 saturated heterocycles. The first-order valence-corrected chi connectivity index (χ1v) is 8.52. The van der Waals surface area contributed by atoms with Crippen LogP contribution in [0.5, 0.6) is 0 Å². The summed E-state index contributed by atoms with van der Waals surface area (Å²) in [4.78, 5) is 9.94. The molecule has 0 fully saturated rings. The Kier molecular flexibility index (Phi) is 6.87. The summed E-state index contributed by atoms with van der Waals surface area (Å²) in [6, 6.07) is 5.84. The van der Waals surface area contributed by atoms with Gasteiger partial charge in [0.05, 0.1) is 5.70 Å². The second-order valence-corrected chi connectivity index (χ2v) is 6.53. The van der Waals surface area contributed by atoms with E-state index in [4.69, 9.17) is 16.5 Å². The summed E-state index contributed by atoms with van der Waals surface area (Å²) in [7, 11) is -2.34. The van der Waals surface area contributed by atoms with Gasteiger partial charge in [-0.1, -0.05) is 24.6 Å². The highest BCUT2D eigenvalue weighted by Crippen LogP contribution is 2.28. The van der Waals surface area contributed by atoms with E-state index in [0.29, 0.717) is 6.42 Å². The number of benzene rings is 1. The summed E-state index contributed by atoms with van der Waals surface area (Å²) in [5, 5.41) is 3.33. The van der Waals surface area contributed by atoms with Crippen LogP contribution in [0.15, 0.2) is 28.8 Å². The van der Waals surface area contributed by atoms with Gasteiger partial charge in [0.15, 0.2) is 0 Å². The van der Waals surface area contributed by atoms with E-state index in [-0.39, 0.29) is 0 Å². The average Bonchev–Trinajstić information content (AvgIpc) is 2.34. The number of nitrogens with one attached hydrogen (secondary N) is 1. The van der Waals surface area contributed by atoms with Gasteiger partial charge in [0.2, 0.25) is 0 Å². The van der Waals surface area contributed by atoms with E-state index in [1.165, 1.54) is 5.56 Å². The molecule has 104 valence electrons. The normalized spacial score (nSPS) is 13.0. The Labute approximate surface area is 124 Å². The van der Waals surface area contributed by atoms with Gasteiger partial charge in [0.1, 0.15) is 0 Å². The maximum absolute atomic E-state index is 10.8. The summed E-state index contributed by atoms with van der Waals surface area (Å²) >= 11 is 7.58. The zero-order valence-electron chi connectivity index (χ0n) is 11.2. The number of thioether (sulfide) groups is 1. The fraction of sp³-hybridized carbons (Fsp3) is 0.385. The predicted octanol–water partition coefficient (Wildman–Crippen LogP) is 4.76. The molecule has 0 aliphatic rings. The minimum absolute atomic E-state index is 0.708. The summed E-state index contributed by atoms with van der Waals surface area (Å²) in [6.07, 6.45) is 0.708. The van der Waals surface area contributed by atoms with Crippen LogP contribution in [0.4, 0.5) is 0 Å². The summed E-state index contributed by atoms with van der Waals surface area (Å²) in [5.74, 6) is 0.822. The SMILES string of the molecule is CC/C(N[P+](=O)O)=C(/C)SCc1ccc(Cl)cc1C. The maximum atomic E-state index is 10.8. The molecule has 0 aliphatic heterocycles. The van der Waals surface area contributed by atoms with Crippen LogP contribution < -0.4 is 5.09 Å². The molecule has 0 radical (unpaired) electrons. The Bertz CT molecular complexity index is 505. The van der Waals surface area contributed by atoms with E-state index in [1.807, 2.05) is 39.0 Å². The summed E-state index contributed by atoms with van der Waals surface area (Å²) in [6.45, 7) is 5.95. The minimum atomic E-state index is -2.34. The Morgan fingerprint density at radius 2 is 2.21 bits per heavy atom. The number of aryl methyl sites for hydroxylation is 1. The number of hydrogen-bond donors (Lipinski definition) is 2. The van der Waals surface area contributed by atoms with Gasteiger partial charge in [-0.15, -0.1) is 16.7 Å². The highest BCUT2D eigenvalue weighted by Gasteiger charge is 2.14. The zero-order chi connectivity index (χ0) is 14.4. The van der Waals surface area contributed by atoms with E-state index in [0.717, 1.165) is 26.9 Å². The Morgan fingerprint density at radius 3 is 2.74 bits per heavy atom. The lowest BCUT2D eigenvalue weighted by Gasteiger charge is -2.08. The Morgan fingerprint density at radius 1 is 1.53 bits per heavy atom. The van der Waals surface area contributed by atoms with Gasteiger partial charge in [-0.3, -0.25) is 0 Å². The third kappa shape index (κ3) is 5.53. The smallest absolute Gasteiger partial charge is 0.154 e. The van der Waals surface area contributed by atoms with Gasteiger partial charge in [-0.25, -0.2) is 0 Å². The van der Waals surface area contributed by atoms with Gasteiger partial charge in [0, 0.05) is 15.7 Å². The standard InChI is InChI=1S/C13H17ClNO2PS/c1-4-13(15-18(16)17)10(3)19-8-11-5-6-12(14)7-9(11)2/h5-7H,4,8H2,1-3H3,(H-,15,16,17)/p+1/b13-10+. The number of rotatable bonds is 6. The number of hydrogen-bond acceptors (Lipinski definition) is 2. The molecule has 0 aromatic heterocycles. The highest BCUT2D eigenvalue weighted by molar-refractivity contribution is 8.02. The molecule has 2 N–H and O–H groups in total. The van der Waals surface area contributed by atoms with Crippen LogP contribution in [0.25, 0.3) is 0 Å². The van der Waals surface area contributed by atoms with Crippen molar-refractivity contribution in [2.45, 2.75) is 32.9 Å². The van der Waals surface area contributed by atoms with Crippen molar-refractivity contribution in [1.82, 2.24) is 5.09 Å². The predicted molar refractivity (Wildman–Crippen MR) is 83.4 cm³/mol. The average molecular weight is 319 g/mol. The van der Waals surface area contributed by atoms with Crippen molar-refractivity contribution in [3.63, 3.8) is 0 Å². The molecule has 0 bridgehead atoms. The molecule has 1 unspecified atom stereocenters. The molecule has 0 aliphatic carbocycles. The van der Waals surface area contributed by atoms with E-state index >= 15 is 0 Å². The van der Waals surface area contributed by atoms with Crippen molar-refractivity contribution < 1.29 is 9.46 Å². The molecule has 3 nitrogen and oxygen atoms in total. The first-order chi connectivity index (χ1) is 8.93. The zero-order valence-corrected chi connectivity index (χ0v) is 13.7. The summed E-state index contributed by atoms with van der Waals surface area (Å²) < 4.78 is 10.8. The van der Waals surface area contributed by atoms with E-state index in [1.54, 1.807) is 11.8 Å². The second-order valence-electron chi connectivity index (χ2n) is 4.13. The fourth-order valence-electron chi connectivity index (χ4n) is 1.62. The van der Waals surface area contributed by atoms with Gasteiger partial charge in [-0.05, 0) is 48.1 Å². The van der Waals surface area contributed by atoms with Crippen LogP contribution in [0, 0.1) is 6.92 Å². The lowest BCUT2D eigenvalue weighted by molar-refractivity contribution is 0.494. The first kappa shape index (κ1) is 16.5. The summed E-state index contributed by atoms with van der Waals surface area (Å²) in [5.41, 5.74) is 3.20. The third-order valence-electron chi connectivity index (χ3n) is 2.76. The van der Waals surface area contributed by atoms with Gasteiger partial charge in [-0.2, -0.15) is 5.09 Å². The molecule has 19 heavy (non-hydrogen) atoms. The molecule has 6 heteroatoms. The van der Waals surface area contributed by atoms with Crippen LogP contribution >= 0.6 is 31.5 Å².